The lowest BCUT2D eigenvalue weighted by atomic mass is 10.2. The van der Waals surface area contributed by atoms with Crippen LogP contribution in [0.25, 0.3) is 0 Å². The Morgan fingerprint density at radius 1 is 1.47 bits per heavy atom. The first-order chi connectivity index (χ1) is 7.38. The number of nitrogens with one attached hydrogen (secondary N) is 1. The van der Waals surface area contributed by atoms with Crippen molar-refractivity contribution in [3.8, 4) is 5.75 Å². The number of hydrogen-bond donors (Lipinski definition) is 1. The van der Waals surface area contributed by atoms with Gasteiger partial charge in [-0.3, -0.25) is 0 Å². The van der Waals surface area contributed by atoms with E-state index in [-0.39, 0.29) is 0 Å². The van der Waals surface area contributed by atoms with Crippen molar-refractivity contribution in [2.45, 2.75) is 19.4 Å². The summed E-state index contributed by atoms with van der Waals surface area (Å²) >= 11 is 0. The molecule has 0 spiro atoms. The Labute approximate surface area is 90.4 Å². The van der Waals surface area contributed by atoms with Crippen LogP contribution in [0.3, 0.4) is 0 Å². The first-order valence-corrected chi connectivity index (χ1v) is 5.45. The van der Waals surface area contributed by atoms with E-state index >= 15 is 0 Å². The lowest BCUT2D eigenvalue weighted by Crippen LogP contribution is -2.40. The van der Waals surface area contributed by atoms with Crippen molar-refractivity contribution in [3.63, 3.8) is 0 Å². The summed E-state index contributed by atoms with van der Waals surface area (Å²) in [6, 6.07) is 8.54. The molecule has 1 saturated heterocycles. The Hall–Kier alpha value is -1.22. The van der Waals surface area contributed by atoms with Crippen molar-refractivity contribution in [2.75, 3.05) is 25.1 Å². The summed E-state index contributed by atoms with van der Waals surface area (Å²) in [5.41, 5.74) is 1.11. The lowest BCUT2D eigenvalue weighted by Gasteiger charge is -2.27. The van der Waals surface area contributed by atoms with Crippen molar-refractivity contribution in [2.24, 2.45) is 0 Å². The van der Waals surface area contributed by atoms with Gasteiger partial charge in [0, 0.05) is 11.8 Å². The number of rotatable bonds is 5. The highest BCUT2D eigenvalue weighted by Crippen LogP contribution is 2.19. The summed E-state index contributed by atoms with van der Waals surface area (Å²) in [7, 11) is 0. The molecular formula is C12H17NO2. The van der Waals surface area contributed by atoms with E-state index in [1.165, 1.54) is 0 Å². The van der Waals surface area contributed by atoms with Crippen LogP contribution in [0, 0.1) is 0 Å². The van der Waals surface area contributed by atoms with Crippen LogP contribution >= 0.6 is 0 Å². The fourth-order valence-corrected chi connectivity index (χ4v) is 1.45. The summed E-state index contributed by atoms with van der Waals surface area (Å²) in [5.74, 6) is 0.932. The molecule has 1 aliphatic heterocycles. The molecule has 3 heteroatoms. The number of anilines is 1. The molecule has 1 fully saturated rings. The van der Waals surface area contributed by atoms with E-state index in [0.717, 1.165) is 37.7 Å². The second-order valence-corrected chi connectivity index (χ2v) is 3.76. The number of benzene rings is 1. The van der Waals surface area contributed by atoms with E-state index in [1.807, 2.05) is 18.2 Å². The molecule has 0 bridgehead atoms. The van der Waals surface area contributed by atoms with Gasteiger partial charge in [-0.1, -0.05) is 13.0 Å². The quantitative estimate of drug-likeness (QED) is 0.803. The maximum absolute atomic E-state index is 5.56. The van der Waals surface area contributed by atoms with Gasteiger partial charge in [-0.15, -0.1) is 0 Å². The lowest BCUT2D eigenvalue weighted by molar-refractivity contribution is 0.0211. The molecule has 2 rings (SSSR count). The minimum absolute atomic E-state index is 0.464. The Kier molecular flexibility index (Phi) is 3.45. The normalized spacial score (nSPS) is 15.8. The van der Waals surface area contributed by atoms with E-state index < -0.39 is 0 Å². The number of hydrogen-bond acceptors (Lipinski definition) is 3. The third kappa shape index (κ3) is 2.86. The van der Waals surface area contributed by atoms with Crippen LogP contribution in [-0.2, 0) is 4.74 Å². The van der Waals surface area contributed by atoms with Gasteiger partial charge in [0.15, 0.2) is 0 Å². The molecular weight excluding hydrogens is 190 g/mol. The summed E-state index contributed by atoms with van der Waals surface area (Å²) in [6.07, 6.45) is 1.04. The Morgan fingerprint density at radius 3 is 3.00 bits per heavy atom. The average molecular weight is 207 g/mol. The molecule has 1 aromatic carbocycles. The summed E-state index contributed by atoms with van der Waals surface area (Å²) in [4.78, 5) is 0. The third-order valence-electron chi connectivity index (χ3n) is 2.32. The van der Waals surface area contributed by atoms with Crippen molar-refractivity contribution in [3.05, 3.63) is 24.3 Å². The zero-order chi connectivity index (χ0) is 10.5. The largest absolute Gasteiger partial charge is 0.494 e. The van der Waals surface area contributed by atoms with E-state index in [0.29, 0.717) is 6.04 Å². The molecule has 82 valence electrons. The topological polar surface area (TPSA) is 30.5 Å². The van der Waals surface area contributed by atoms with Crippen LogP contribution in [0.1, 0.15) is 13.3 Å². The van der Waals surface area contributed by atoms with E-state index in [1.54, 1.807) is 0 Å². The molecule has 1 aromatic rings. The van der Waals surface area contributed by atoms with Gasteiger partial charge in [0.2, 0.25) is 0 Å². The van der Waals surface area contributed by atoms with Crippen LogP contribution in [0.15, 0.2) is 24.3 Å². The summed E-state index contributed by atoms with van der Waals surface area (Å²) in [5, 5.41) is 3.39. The van der Waals surface area contributed by atoms with Crippen LogP contribution in [-0.4, -0.2) is 25.9 Å². The fourth-order valence-electron chi connectivity index (χ4n) is 1.45. The molecule has 3 nitrogen and oxygen atoms in total. The van der Waals surface area contributed by atoms with Gasteiger partial charge >= 0.3 is 0 Å². The van der Waals surface area contributed by atoms with Crippen LogP contribution in [0.4, 0.5) is 5.69 Å². The highest BCUT2D eigenvalue weighted by atomic mass is 16.5. The summed E-state index contributed by atoms with van der Waals surface area (Å²) < 4.78 is 10.7. The Morgan fingerprint density at radius 2 is 2.33 bits per heavy atom. The SMILES string of the molecule is CCCOc1cccc(NC2COC2)c1. The first kappa shape index (κ1) is 10.3. The van der Waals surface area contributed by atoms with Crippen molar-refractivity contribution < 1.29 is 9.47 Å². The van der Waals surface area contributed by atoms with Crippen molar-refractivity contribution >= 4 is 5.69 Å². The second-order valence-electron chi connectivity index (χ2n) is 3.76. The van der Waals surface area contributed by atoms with Crippen molar-refractivity contribution in [1.29, 1.82) is 0 Å². The smallest absolute Gasteiger partial charge is 0.121 e. The molecule has 0 saturated carbocycles. The fraction of sp³-hybridized carbons (Fsp3) is 0.500. The molecule has 1 heterocycles. The maximum Gasteiger partial charge on any atom is 0.121 e. The molecule has 0 atom stereocenters. The van der Waals surface area contributed by atoms with E-state index in [4.69, 9.17) is 9.47 Å². The molecule has 1 aliphatic rings. The van der Waals surface area contributed by atoms with Crippen LogP contribution in [0.2, 0.25) is 0 Å². The predicted molar refractivity (Wildman–Crippen MR) is 60.5 cm³/mol. The zero-order valence-electron chi connectivity index (χ0n) is 9.03. The van der Waals surface area contributed by atoms with Gasteiger partial charge in [0.1, 0.15) is 5.75 Å². The van der Waals surface area contributed by atoms with Crippen molar-refractivity contribution in [1.82, 2.24) is 0 Å². The van der Waals surface area contributed by atoms with Gasteiger partial charge in [-0.25, -0.2) is 0 Å². The highest BCUT2D eigenvalue weighted by Gasteiger charge is 2.17. The second kappa shape index (κ2) is 5.03. The van der Waals surface area contributed by atoms with Gasteiger partial charge in [0.25, 0.3) is 0 Å². The van der Waals surface area contributed by atoms with Gasteiger partial charge in [0.05, 0.1) is 25.9 Å². The standard InChI is InChI=1S/C12H17NO2/c1-2-6-15-12-5-3-4-10(7-12)13-11-8-14-9-11/h3-5,7,11,13H,2,6,8-9H2,1H3. The minimum Gasteiger partial charge on any atom is -0.494 e. The molecule has 0 unspecified atom stereocenters. The third-order valence-corrected chi connectivity index (χ3v) is 2.32. The maximum atomic E-state index is 5.56. The monoisotopic (exact) mass is 207 g/mol. The van der Waals surface area contributed by atoms with Crippen LogP contribution in [0.5, 0.6) is 5.75 Å². The zero-order valence-corrected chi connectivity index (χ0v) is 9.03. The van der Waals surface area contributed by atoms with E-state index in [9.17, 15) is 0 Å². The van der Waals surface area contributed by atoms with Gasteiger partial charge < -0.3 is 14.8 Å². The van der Waals surface area contributed by atoms with E-state index in [2.05, 4.69) is 18.3 Å². The Balaban J connectivity index is 1.92. The summed E-state index contributed by atoms with van der Waals surface area (Å²) in [6.45, 7) is 4.49. The molecule has 0 radical (unpaired) electrons. The first-order valence-electron chi connectivity index (χ1n) is 5.45. The minimum atomic E-state index is 0.464. The highest BCUT2D eigenvalue weighted by molar-refractivity contribution is 5.49. The Bertz CT molecular complexity index is 310. The van der Waals surface area contributed by atoms with Gasteiger partial charge in [-0.2, -0.15) is 0 Å². The number of ether oxygens (including phenoxy) is 2. The average Bonchev–Trinajstić information content (AvgIpc) is 2.21. The molecule has 1 N–H and O–H groups in total. The molecule has 15 heavy (non-hydrogen) atoms. The predicted octanol–water partition coefficient (Wildman–Crippen LogP) is 2.29. The van der Waals surface area contributed by atoms with Gasteiger partial charge in [-0.05, 0) is 18.6 Å². The molecule has 0 aromatic heterocycles. The molecule has 0 amide bonds. The van der Waals surface area contributed by atoms with Crippen LogP contribution < -0.4 is 10.1 Å². The molecule has 0 aliphatic carbocycles.